The van der Waals surface area contributed by atoms with E-state index in [1.807, 2.05) is 0 Å². The lowest BCUT2D eigenvalue weighted by molar-refractivity contribution is -0.176. The van der Waals surface area contributed by atoms with E-state index in [0.29, 0.717) is 19.5 Å². The van der Waals surface area contributed by atoms with Gasteiger partial charge < -0.3 is 0 Å². The summed E-state index contributed by atoms with van der Waals surface area (Å²) in [6.45, 7) is 7.56. The smallest absolute Gasteiger partial charge is 0.292 e. The van der Waals surface area contributed by atoms with Crippen molar-refractivity contribution in [1.82, 2.24) is 4.90 Å². The van der Waals surface area contributed by atoms with Crippen LogP contribution in [0.25, 0.3) is 0 Å². The molecule has 1 aliphatic rings. The van der Waals surface area contributed by atoms with Crippen molar-refractivity contribution in [2.75, 3.05) is 13.1 Å². The Morgan fingerprint density at radius 1 is 1.19 bits per heavy atom. The molecular formula is C12H22F3N. The Hall–Kier alpha value is -0.250. The normalized spacial score (nSPS) is 24.0. The van der Waals surface area contributed by atoms with Gasteiger partial charge in [0.25, 0.3) is 0 Å². The molecule has 0 saturated carbocycles. The maximum Gasteiger partial charge on any atom is 0.404 e. The van der Waals surface area contributed by atoms with Crippen molar-refractivity contribution in [3.8, 4) is 0 Å². The number of alkyl halides is 3. The number of rotatable bonds is 3. The zero-order valence-corrected chi connectivity index (χ0v) is 10.4. The van der Waals surface area contributed by atoms with Gasteiger partial charge in [-0.2, -0.15) is 13.2 Å². The van der Waals surface area contributed by atoms with Crippen molar-refractivity contribution >= 4 is 0 Å². The number of likely N-dealkylation sites (tertiary alicyclic amines) is 1. The van der Waals surface area contributed by atoms with E-state index in [-0.39, 0.29) is 11.8 Å². The van der Waals surface area contributed by atoms with Crippen molar-refractivity contribution in [1.29, 1.82) is 0 Å². The van der Waals surface area contributed by atoms with Crippen molar-refractivity contribution in [3.63, 3.8) is 0 Å². The van der Waals surface area contributed by atoms with E-state index in [9.17, 15) is 13.2 Å². The van der Waals surface area contributed by atoms with Gasteiger partial charge in [0.2, 0.25) is 0 Å². The van der Waals surface area contributed by atoms with Crippen LogP contribution in [0.3, 0.4) is 0 Å². The van der Waals surface area contributed by atoms with Crippen LogP contribution in [0.2, 0.25) is 0 Å². The minimum atomic E-state index is -4.04. The molecule has 16 heavy (non-hydrogen) atoms. The minimum Gasteiger partial charge on any atom is -0.292 e. The molecule has 0 aromatic carbocycles. The third kappa shape index (κ3) is 4.32. The van der Waals surface area contributed by atoms with Gasteiger partial charge in [-0.1, -0.05) is 20.8 Å². The highest BCUT2D eigenvalue weighted by Gasteiger charge is 2.45. The van der Waals surface area contributed by atoms with Gasteiger partial charge in [-0.05, 0) is 44.2 Å². The molecule has 0 unspecified atom stereocenters. The highest BCUT2D eigenvalue weighted by atomic mass is 19.4. The molecule has 1 rings (SSSR count). The molecule has 96 valence electrons. The molecule has 0 spiro atoms. The molecule has 0 radical (unpaired) electrons. The van der Waals surface area contributed by atoms with Crippen LogP contribution in [-0.4, -0.2) is 30.2 Å². The molecule has 0 aromatic rings. The standard InChI is InChI=1S/C12H22F3N/c1-11(2,3)7-5-9-16-8-4-6-10(16)12(13,14)15/h10H,4-9H2,1-3H3/t10-/m1/s1. The fraction of sp³-hybridized carbons (Fsp3) is 1.00. The first-order valence-corrected chi connectivity index (χ1v) is 6.01. The van der Waals surface area contributed by atoms with Gasteiger partial charge in [0.1, 0.15) is 6.04 Å². The number of nitrogens with zero attached hydrogens (tertiary/aromatic N) is 1. The summed E-state index contributed by atoms with van der Waals surface area (Å²) < 4.78 is 37.9. The van der Waals surface area contributed by atoms with E-state index in [4.69, 9.17) is 0 Å². The fourth-order valence-corrected chi connectivity index (χ4v) is 2.28. The third-order valence-corrected chi connectivity index (χ3v) is 3.11. The second-order valence-corrected chi connectivity index (χ2v) is 5.90. The molecular weight excluding hydrogens is 215 g/mol. The molecule has 1 atom stereocenters. The average molecular weight is 237 g/mol. The Morgan fingerprint density at radius 3 is 2.31 bits per heavy atom. The molecule has 4 heteroatoms. The van der Waals surface area contributed by atoms with Crippen molar-refractivity contribution in [3.05, 3.63) is 0 Å². The van der Waals surface area contributed by atoms with Crippen LogP contribution in [0, 0.1) is 5.41 Å². The Bertz CT molecular complexity index is 217. The van der Waals surface area contributed by atoms with Gasteiger partial charge in [-0.15, -0.1) is 0 Å². The topological polar surface area (TPSA) is 3.24 Å². The van der Waals surface area contributed by atoms with Crippen molar-refractivity contribution < 1.29 is 13.2 Å². The van der Waals surface area contributed by atoms with E-state index in [1.54, 1.807) is 4.90 Å². The van der Waals surface area contributed by atoms with Gasteiger partial charge in [0.15, 0.2) is 0 Å². The van der Waals surface area contributed by atoms with Crippen LogP contribution in [0.1, 0.15) is 46.5 Å². The van der Waals surface area contributed by atoms with Gasteiger partial charge in [-0.25, -0.2) is 0 Å². The number of halogens is 3. The van der Waals surface area contributed by atoms with E-state index in [2.05, 4.69) is 20.8 Å². The second kappa shape index (κ2) is 4.94. The Labute approximate surface area is 96.0 Å². The molecule has 1 aliphatic heterocycles. The predicted molar refractivity (Wildman–Crippen MR) is 59.3 cm³/mol. The summed E-state index contributed by atoms with van der Waals surface area (Å²) in [5.41, 5.74) is 0.216. The van der Waals surface area contributed by atoms with Crippen LogP contribution in [0.5, 0.6) is 0 Å². The monoisotopic (exact) mass is 237 g/mol. The SMILES string of the molecule is CC(C)(C)CCCN1CCC[C@@H]1C(F)(F)F. The molecule has 0 aromatic heterocycles. The molecule has 1 nitrogen and oxygen atoms in total. The Balaban J connectivity index is 2.36. The zero-order valence-electron chi connectivity index (χ0n) is 10.4. The lowest BCUT2D eigenvalue weighted by Crippen LogP contribution is -2.41. The maximum absolute atomic E-state index is 12.6. The van der Waals surface area contributed by atoms with Gasteiger partial charge in [0, 0.05) is 0 Å². The van der Waals surface area contributed by atoms with Gasteiger partial charge >= 0.3 is 6.18 Å². The third-order valence-electron chi connectivity index (χ3n) is 3.11. The van der Waals surface area contributed by atoms with E-state index in [0.717, 1.165) is 12.8 Å². The van der Waals surface area contributed by atoms with Crippen molar-refractivity contribution in [2.45, 2.75) is 58.7 Å². The minimum absolute atomic E-state index is 0.216. The van der Waals surface area contributed by atoms with Crippen LogP contribution in [0.15, 0.2) is 0 Å². The molecule has 0 aliphatic carbocycles. The van der Waals surface area contributed by atoms with Crippen molar-refractivity contribution in [2.24, 2.45) is 5.41 Å². The van der Waals surface area contributed by atoms with Crippen LogP contribution < -0.4 is 0 Å². The summed E-state index contributed by atoms with van der Waals surface area (Å²) in [7, 11) is 0. The first-order valence-electron chi connectivity index (χ1n) is 6.01. The summed E-state index contributed by atoms with van der Waals surface area (Å²) >= 11 is 0. The number of hydrogen-bond donors (Lipinski definition) is 0. The zero-order chi connectivity index (χ0) is 12.4. The molecule has 0 amide bonds. The van der Waals surface area contributed by atoms with Gasteiger partial charge in [-0.3, -0.25) is 4.90 Å². The molecule has 0 N–H and O–H groups in total. The van der Waals surface area contributed by atoms with Gasteiger partial charge in [0.05, 0.1) is 0 Å². The highest BCUT2D eigenvalue weighted by Crippen LogP contribution is 2.33. The summed E-state index contributed by atoms with van der Waals surface area (Å²) in [4.78, 5) is 1.60. The van der Waals surface area contributed by atoms with E-state index >= 15 is 0 Å². The molecule has 1 fully saturated rings. The second-order valence-electron chi connectivity index (χ2n) is 5.90. The highest BCUT2D eigenvalue weighted by molar-refractivity contribution is 4.84. The summed E-state index contributed by atoms with van der Waals surface area (Å²) in [6.07, 6.45) is -1.25. The van der Waals surface area contributed by atoms with Crippen LogP contribution >= 0.6 is 0 Å². The average Bonchev–Trinajstić information content (AvgIpc) is 2.48. The Kier molecular flexibility index (Phi) is 4.27. The first-order chi connectivity index (χ1) is 7.20. The van der Waals surface area contributed by atoms with Crippen LogP contribution in [0.4, 0.5) is 13.2 Å². The molecule has 0 bridgehead atoms. The molecule has 1 heterocycles. The largest absolute Gasteiger partial charge is 0.404 e. The molecule has 1 saturated heterocycles. The van der Waals surface area contributed by atoms with Crippen LogP contribution in [-0.2, 0) is 0 Å². The van der Waals surface area contributed by atoms with E-state index in [1.165, 1.54) is 0 Å². The summed E-state index contributed by atoms with van der Waals surface area (Å²) in [5, 5.41) is 0. The fourth-order valence-electron chi connectivity index (χ4n) is 2.28. The predicted octanol–water partition coefficient (Wildman–Crippen LogP) is 3.84. The quantitative estimate of drug-likeness (QED) is 0.721. The first kappa shape index (κ1) is 13.8. The summed E-state index contributed by atoms with van der Waals surface area (Å²) in [5.74, 6) is 0. The maximum atomic E-state index is 12.6. The number of hydrogen-bond acceptors (Lipinski definition) is 1. The lowest BCUT2D eigenvalue weighted by atomic mass is 9.90. The van der Waals surface area contributed by atoms with E-state index < -0.39 is 12.2 Å². The Morgan fingerprint density at radius 2 is 1.81 bits per heavy atom. The summed E-state index contributed by atoms with van der Waals surface area (Å²) in [6, 6.07) is -1.19. The lowest BCUT2D eigenvalue weighted by Gasteiger charge is -2.27.